The van der Waals surface area contributed by atoms with E-state index in [1.807, 2.05) is 16.8 Å². The first-order valence-corrected chi connectivity index (χ1v) is 7.58. The Balaban J connectivity index is 1.98. The molecule has 0 N–H and O–H groups in total. The maximum absolute atomic E-state index is 9.28. The van der Waals surface area contributed by atoms with Gasteiger partial charge in [-0.1, -0.05) is 17.7 Å². The summed E-state index contributed by atoms with van der Waals surface area (Å²) < 4.78 is 8.89. The molecular formula is C18H15N5O. The average Bonchev–Trinajstić information content (AvgIpc) is 3.18. The van der Waals surface area contributed by atoms with E-state index in [0.29, 0.717) is 17.4 Å². The van der Waals surface area contributed by atoms with E-state index in [4.69, 9.17) is 4.42 Å². The second kappa shape index (κ2) is 5.10. The minimum absolute atomic E-state index is 0.344. The Morgan fingerprint density at radius 3 is 2.54 bits per heavy atom. The summed E-state index contributed by atoms with van der Waals surface area (Å²) in [6, 6.07) is 8.19. The summed E-state index contributed by atoms with van der Waals surface area (Å²) in [6.07, 6.45) is 5.19. The Hall–Kier alpha value is -3.33. The van der Waals surface area contributed by atoms with Crippen molar-refractivity contribution in [1.29, 1.82) is 5.26 Å². The lowest BCUT2D eigenvalue weighted by Crippen LogP contribution is -2.08. The van der Waals surface area contributed by atoms with Crippen LogP contribution < -0.4 is 0 Å². The number of aryl methyl sites for hydroxylation is 3. The smallest absolute Gasteiger partial charge is 0.245 e. The van der Waals surface area contributed by atoms with Crippen LogP contribution in [0.1, 0.15) is 22.4 Å². The van der Waals surface area contributed by atoms with E-state index in [0.717, 1.165) is 22.2 Å². The third-order valence-corrected chi connectivity index (χ3v) is 4.02. The van der Waals surface area contributed by atoms with Crippen LogP contribution in [0, 0.1) is 32.1 Å². The SMILES string of the molecule is Cc1cc(C)c(-n2cc(C#N)nc2-n2cc3ccoc3n2)c(C)c1. The zero-order valence-electron chi connectivity index (χ0n) is 13.6. The molecule has 3 heterocycles. The number of aromatic nitrogens is 4. The van der Waals surface area contributed by atoms with Crippen molar-refractivity contribution >= 4 is 11.1 Å². The van der Waals surface area contributed by atoms with Crippen molar-refractivity contribution < 1.29 is 4.42 Å². The highest BCUT2D eigenvalue weighted by Crippen LogP contribution is 2.25. The summed E-state index contributed by atoms with van der Waals surface area (Å²) in [7, 11) is 0. The Morgan fingerprint density at radius 1 is 1.12 bits per heavy atom. The molecular weight excluding hydrogens is 302 g/mol. The minimum atomic E-state index is 0.344. The molecule has 1 aromatic carbocycles. The zero-order chi connectivity index (χ0) is 16.8. The van der Waals surface area contributed by atoms with E-state index in [1.54, 1.807) is 17.1 Å². The monoisotopic (exact) mass is 317 g/mol. The summed E-state index contributed by atoms with van der Waals surface area (Å²) in [5.41, 5.74) is 5.33. The van der Waals surface area contributed by atoms with Gasteiger partial charge in [0.25, 0.3) is 0 Å². The molecule has 6 nitrogen and oxygen atoms in total. The summed E-state index contributed by atoms with van der Waals surface area (Å²) >= 11 is 0. The number of furan rings is 1. The van der Waals surface area contributed by atoms with E-state index < -0.39 is 0 Å². The minimum Gasteiger partial charge on any atom is -0.445 e. The highest BCUT2D eigenvalue weighted by atomic mass is 16.3. The Morgan fingerprint density at radius 2 is 1.88 bits per heavy atom. The number of fused-ring (bicyclic) bond motifs is 1. The molecule has 0 fully saturated rings. The van der Waals surface area contributed by atoms with Gasteiger partial charge in [0.1, 0.15) is 6.07 Å². The molecule has 0 bridgehead atoms. The van der Waals surface area contributed by atoms with Crippen LogP contribution in [0.3, 0.4) is 0 Å². The lowest BCUT2D eigenvalue weighted by atomic mass is 10.1. The van der Waals surface area contributed by atoms with Crippen LogP contribution in [-0.2, 0) is 0 Å². The largest absolute Gasteiger partial charge is 0.445 e. The molecule has 118 valence electrons. The number of nitrogens with zero attached hydrogens (tertiary/aromatic N) is 5. The molecule has 0 radical (unpaired) electrons. The lowest BCUT2D eigenvalue weighted by Gasteiger charge is -2.14. The molecule has 0 aliphatic carbocycles. The predicted molar refractivity (Wildman–Crippen MR) is 89.4 cm³/mol. The standard InChI is InChI=1S/C18H15N5O/c1-11-6-12(2)16(13(3)7-11)22-10-15(8-19)20-18(22)23-9-14-4-5-24-17(14)21-23/h4-7,9-10H,1-3H3. The van der Waals surface area contributed by atoms with Crippen LogP contribution in [0.4, 0.5) is 0 Å². The Labute approximate surface area is 138 Å². The van der Waals surface area contributed by atoms with Crippen molar-refractivity contribution in [2.75, 3.05) is 0 Å². The molecule has 4 aromatic rings. The molecule has 0 unspecified atom stereocenters. The first kappa shape index (κ1) is 14.3. The molecule has 0 saturated heterocycles. The first-order chi connectivity index (χ1) is 11.6. The van der Waals surface area contributed by atoms with Crippen molar-refractivity contribution in [3.63, 3.8) is 0 Å². The Kier molecular flexibility index (Phi) is 3.03. The lowest BCUT2D eigenvalue weighted by molar-refractivity contribution is 0.591. The molecule has 6 heteroatoms. The van der Waals surface area contributed by atoms with Crippen LogP contribution >= 0.6 is 0 Å². The van der Waals surface area contributed by atoms with E-state index in [-0.39, 0.29) is 0 Å². The first-order valence-electron chi connectivity index (χ1n) is 7.58. The third kappa shape index (κ3) is 2.10. The van der Waals surface area contributed by atoms with Crippen molar-refractivity contribution in [2.45, 2.75) is 20.8 Å². The van der Waals surface area contributed by atoms with Crippen LogP contribution in [0.2, 0.25) is 0 Å². The van der Waals surface area contributed by atoms with Gasteiger partial charge in [-0.05, 0) is 38.0 Å². The normalized spacial score (nSPS) is 11.1. The number of rotatable bonds is 2. The van der Waals surface area contributed by atoms with Crippen molar-refractivity contribution in [1.82, 2.24) is 19.3 Å². The molecule has 0 aliphatic rings. The fraction of sp³-hybridized carbons (Fsp3) is 0.167. The van der Waals surface area contributed by atoms with Crippen LogP contribution in [0.25, 0.3) is 22.7 Å². The van der Waals surface area contributed by atoms with Gasteiger partial charge in [-0.3, -0.25) is 4.57 Å². The number of hydrogen-bond donors (Lipinski definition) is 0. The molecule has 24 heavy (non-hydrogen) atoms. The molecule has 0 amide bonds. The number of hydrogen-bond acceptors (Lipinski definition) is 4. The van der Waals surface area contributed by atoms with Crippen LogP contribution in [0.5, 0.6) is 0 Å². The maximum atomic E-state index is 9.28. The van der Waals surface area contributed by atoms with Gasteiger partial charge in [0.05, 0.1) is 17.3 Å². The van der Waals surface area contributed by atoms with E-state index in [2.05, 4.69) is 49.1 Å². The van der Waals surface area contributed by atoms with Gasteiger partial charge in [-0.2, -0.15) is 10.2 Å². The highest BCUT2D eigenvalue weighted by molar-refractivity contribution is 5.72. The highest BCUT2D eigenvalue weighted by Gasteiger charge is 2.17. The molecule has 0 atom stereocenters. The Bertz CT molecular complexity index is 1050. The van der Waals surface area contributed by atoms with Crippen molar-refractivity contribution in [2.24, 2.45) is 0 Å². The van der Waals surface area contributed by atoms with Gasteiger partial charge >= 0.3 is 0 Å². The molecule has 4 rings (SSSR count). The van der Waals surface area contributed by atoms with Gasteiger partial charge in [-0.25, -0.2) is 4.68 Å². The fourth-order valence-electron chi connectivity index (χ4n) is 3.15. The van der Waals surface area contributed by atoms with Crippen LogP contribution in [0.15, 0.2) is 41.3 Å². The molecule has 0 saturated carbocycles. The maximum Gasteiger partial charge on any atom is 0.245 e. The zero-order valence-corrected chi connectivity index (χ0v) is 13.6. The van der Waals surface area contributed by atoms with E-state index in [1.165, 1.54) is 5.56 Å². The third-order valence-electron chi connectivity index (χ3n) is 4.02. The predicted octanol–water partition coefficient (Wildman–Crippen LogP) is 3.60. The number of benzene rings is 1. The fourth-order valence-corrected chi connectivity index (χ4v) is 3.15. The van der Waals surface area contributed by atoms with Gasteiger partial charge in [0, 0.05) is 12.4 Å². The summed E-state index contributed by atoms with van der Waals surface area (Å²) in [4.78, 5) is 4.42. The van der Waals surface area contributed by atoms with E-state index >= 15 is 0 Å². The number of imidazole rings is 1. The number of nitriles is 1. The summed E-state index contributed by atoms with van der Waals surface area (Å²) in [6.45, 7) is 6.18. The molecule has 3 aromatic heterocycles. The van der Waals surface area contributed by atoms with Crippen LogP contribution in [-0.4, -0.2) is 19.3 Å². The second-order valence-electron chi connectivity index (χ2n) is 5.91. The topological polar surface area (TPSA) is 72.6 Å². The van der Waals surface area contributed by atoms with Gasteiger partial charge in [-0.15, -0.1) is 5.10 Å². The van der Waals surface area contributed by atoms with Crippen molar-refractivity contribution in [3.8, 4) is 17.7 Å². The second-order valence-corrected chi connectivity index (χ2v) is 5.91. The average molecular weight is 317 g/mol. The van der Waals surface area contributed by atoms with Gasteiger partial charge < -0.3 is 4.42 Å². The molecule has 0 spiro atoms. The van der Waals surface area contributed by atoms with Crippen molar-refractivity contribution in [3.05, 3.63) is 59.2 Å². The molecule has 0 aliphatic heterocycles. The summed E-state index contributed by atoms with van der Waals surface area (Å²) in [5, 5.41) is 14.6. The summed E-state index contributed by atoms with van der Waals surface area (Å²) in [5.74, 6) is 0.563. The quantitative estimate of drug-likeness (QED) is 0.566. The van der Waals surface area contributed by atoms with E-state index in [9.17, 15) is 5.26 Å². The van der Waals surface area contributed by atoms with Gasteiger partial charge in [0.15, 0.2) is 5.69 Å². The van der Waals surface area contributed by atoms with Gasteiger partial charge in [0.2, 0.25) is 11.7 Å².